The molecule has 0 fully saturated rings. The molecule has 0 spiro atoms. The third-order valence-corrected chi connectivity index (χ3v) is 7.38. The zero-order chi connectivity index (χ0) is 36.5. The molecule has 0 radical (unpaired) electrons. The first-order valence-electron chi connectivity index (χ1n) is 15.1. The highest BCUT2D eigenvalue weighted by molar-refractivity contribution is 8.03. The van der Waals surface area contributed by atoms with Gasteiger partial charge in [0, 0.05) is 43.3 Å². The van der Waals surface area contributed by atoms with Gasteiger partial charge in [0.25, 0.3) is 5.91 Å². The Morgan fingerprint density at radius 2 is 1.48 bits per heavy atom. The number of aliphatic hydroxyl groups excluding tert-OH is 1. The van der Waals surface area contributed by atoms with Crippen LogP contribution in [0.5, 0.6) is 23.0 Å². The van der Waals surface area contributed by atoms with Gasteiger partial charge in [0.15, 0.2) is 6.73 Å². The molecule has 16 heteroatoms. The summed E-state index contributed by atoms with van der Waals surface area (Å²) in [6.07, 6.45) is 1.23. The van der Waals surface area contributed by atoms with E-state index in [1.165, 1.54) is 19.1 Å². The molecule has 3 aromatic carbocycles. The van der Waals surface area contributed by atoms with Crippen molar-refractivity contribution in [3.63, 3.8) is 0 Å². The van der Waals surface area contributed by atoms with Crippen molar-refractivity contribution < 1.29 is 52.8 Å². The maximum atomic E-state index is 12.6. The number of nitrogens with one attached hydrogen (secondary N) is 3. The quantitative estimate of drug-likeness (QED) is 0.0775. The van der Waals surface area contributed by atoms with Gasteiger partial charge in [-0.1, -0.05) is 12.1 Å². The van der Waals surface area contributed by atoms with Crippen LogP contribution in [0, 0.1) is 0 Å². The van der Waals surface area contributed by atoms with Crippen LogP contribution in [0.2, 0.25) is 0 Å². The summed E-state index contributed by atoms with van der Waals surface area (Å²) in [5, 5.41) is 16.7. The fraction of sp³-hybridized carbons (Fsp3) is 0.294. The van der Waals surface area contributed by atoms with E-state index in [-0.39, 0.29) is 31.8 Å². The molecule has 0 atom stereocenters. The molecule has 0 saturated carbocycles. The number of rotatable bonds is 17. The van der Waals surface area contributed by atoms with E-state index in [2.05, 4.69) is 15.4 Å². The molecule has 0 aliphatic heterocycles. The van der Waals surface area contributed by atoms with Crippen LogP contribution in [0.25, 0.3) is 6.08 Å². The van der Waals surface area contributed by atoms with Gasteiger partial charge in [0.05, 0.1) is 39.7 Å². The van der Waals surface area contributed by atoms with Crippen molar-refractivity contribution in [2.24, 2.45) is 0 Å². The first kappa shape index (κ1) is 38.8. The lowest BCUT2D eigenvalue weighted by Gasteiger charge is -2.16. The van der Waals surface area contributed by atoms with E-state index in [1.54, 1.807) is 75.9 Å². The van der Waals surface area contributed by atoms with Crippen molar-refractivity contribution in [3.8, 4) is 23.0 Å². The third kappa shape index (κ3) is 12.1. The third-order valence-electron chi connectivity index (χ3n) is 6.75. The number of carbonyl (C=O) groups excluding carboxylic acids is 4. The second-order valence-corrected chi connectivity index (χ2v) is 10.9. The molecule has 3 aromatic rings. The number of anilines is 3. The molecule has 50 heavy (non-hydrogen) atoms. The Balaban J connectivity index is 1.47. The summed E-state index contributed by atoms with van der Waals surface area (Å²) in [5.41, 5.74) is 3.00. The lowest BCUT2D eigenvalue weighted by molar-refractivity contribution is -0.209. The van der Waals surface area contributed by atoms with E-state index in [9.17, 15) is 19.2 Å². The Morgan fingerprint density at radius 3 is 2.08 bits per heavy atom. The summed E-state index contributed by atoms with van der Waals surface area (Å²) in [6.45, 7) is 0.348. The predicted molar refractivity (Wildman–Crippen MR) is 188 cm³/mol. The highest BCUT2D eigenvalue weighted by atomic mass is 32.2. The Kier molecular flexibility index (Phi) is 15.6. The fourth-order valence-corrected chi connectivity index (χ4v) is 4.76. The summed E-state index contributed by atoms with van der Waals surface area (Å²) in [5.74, 6) is 0.520. The monoisotopic (exact) mass is 712 g/mol. The van der Waals surface area contributed by atoms with Crippen molar-refractivity contribution in [3.05, 3.63) is 71.1 Å². The van der Waals surface area contributed by atoms with Crippen LogP contribution in [-0.4, -0.2) is 69.2 Å². The van der Waals surface area contributed by atoms with Gasteiger partial charge in [-0.05, 0) is 65.7 Å². The van der Waals surface area contributed by atoms with Crippen molar-refractivity contribution >= 4 is 59.0 Å². The van der Waals surface area contributed by atoms with Crippen LogP contribution in [0.4, 0.5) is 21.9 Å². The number of carbonyl (C=O) groups is 4. The molecule has 15 nitrogen and oxygen atoms in total. The summed E-state index contributed by atoms with van der Waals surface area (Å²) in [7, 11) is 6.18. The number of aliphatic hydroxyl groups is 1. The highest BCUT2D eigenvalue weighted by Gasteiger charge is 2.15. The highest BCUT2D eigenvalue weighted by Crippen LogP contribution is 2.36. The average Bonchev–Trinajstić information content (AvgIpc) is 3.11. The maximum Gasteiger partial charge on any atom is 0.412 e. The second kappa shape index (κ2) is 20.0. The summed E-state index contributed by atoms with van der Waals surface area (Å²) in [6, 6.07) is 15.4. The molecule has 0 heterocycles. The van der Waals surface area contributed by atoms with Crippen LogP contribution >= 0.6 is 11.9 Å². The topological polar surface area (TPSA) is 183 Å². The standard InChI is InChI=1S/C34H40N4O11S/c1-22(40)38(21-39)49-33(42)8-6-7-32(41)35-24-11-9-23(10-12-24)20-48-34(43)36-28-17-25(13-14-29(28)45-3)37-50-16-15-27-30(46-4)18-26(44-2)19-31(27)47-5/h9-19,37,39H,6-8,20-21H2,1-5H3,(H,35,41)(H,36,43)/b16-15+. The molecule has 3 amide bonds. The van der Waals surface area contributed by atoms with Crippen LogP contribution in [0.1, 0.15) is 37.3 Å². The minimum absolute atomic E-state index is 0.0308. The molecule has 0 unspecified atom stereocenters. The molecule has 4 N–H and O–H groups in total. The number of methoxy groups -OCH3 is 4. The van der Waals surface area contributed by atoms with Crippen LogP contribution in [-0.2, 0) is 30.6 Å². The van der Waals surface area contributed by atoms with E-state index in [0.717, 1.165) is 12.5 Å². The number of hydrogen-bond donors (Lipinski definition) is 4. The molecule has 0 bridgehead atoms. The van der Waals surface area contributed by atoms with Gasteiger partial charge >= 0.3 is 12.1 Å². The first-order valence-corrected chi connectivity index (χ1v) is 16.0. The molecular formula is C34H40N4O11S. The van der Waals surface area contributed by atoms with Gasteiger partial charge in [-0.15, -0.1) is 5.06 Å². The van der Waals surface area contributed by atoms with Crippen LogP contribution in [0.3, 0.4) is 0 Å². The Bertz CT molecular complexity index is 1630. The number of amides is 3. The van der Waals surface area contributed by atoms with Gasteiger partial charge < -0.3 is 43.7 Å². The zero-order valence-electron chi connectivity index (χ0n) is 28.3. The van der Waals surface area contributed by atoms with Gasteiger partial charge in [-0.25, -0.2) is 9.59 Å². The van der Waals surface area contributed by atoms with E-state index in [0.29, 0.717) is 50.7 Å². The number of nitrogens with zero attached hydrogens (tertiary/aromatic N) is 1. The van der Waals surface area contributed by atoms with E-state index < -0.39 is 24.7 Å². The first-order chi connectivity index (χ1) is 24.1. The van der Waals surface area contributed by atoms with Crippen molar-refractivity contribution in [2.45, 2.75) is 32.8 Å². The predicted octanol–water partition coefficient (Wildman–Crippen LogP) is 5.57. The Hall–Kier alpha value is -5.61. The molecule has 0 saturated heterocycles. The maximum absolute atomic E-state index is 12.6. The molecular weight excluding hydrogens is 672 g/mol. The number of hydrogen-bond acceptors (Lipinski definition) is 13. The average molecular weight is 713 g/mol. The zero-order valence-corrected chi connectivity index (χ0v) is 29.1. The number of benzene rings is 3. The summed E-state index contributed by atoms with van der Waals surface area (Å²) in [4.78, 5) is 52.6. The van der Waals surface area contributed by atoms with Crippen molar-refractivity contribution in [1.29, 1.82) is 0 Å². The van der Waals surface area contributed by atoms with E-state index in [1.807, 2.05) is 11.5 Å². The SMILES string of the molecule is COc1cc(OC)c(/C=C/SNc2ccc(OC)c(NC(=O)OCc3ccc(NC(=O)CCCC(=O)ON(CO)C(C)=O)cc3)c2)c(OC)c1. The van der Waals surface area contributed by atoms with Crippen molar-refractivity contribution in [1.82, 2.24) is 5.06 Å². The summed E-state index contributed by atoms with van der Waals surface area (Å²) >= 11 is 1.29. The molecule has 3 rings (SSSR count). The van der Waals surface area contributed by atoms with Crippen molar-refractivity contribution in [2.75, 3.05) is 50.5 Å². The minimum Gasteiger partial charge on any atom is -0.496 e. The largest absolute Gasteiger partial charge is 0.496 e. The number of hydroxylamine groups is 2. The molecule has 0 aliphatic carbocycles. The van der Waals surface area contributed by atoms with Gasteiger partial charge in [-0.2, -0.15) is 0 Å². The molecule has 0 aromatic heterocycles. The minimum atomic E-state index is -0.757. The summed E-state index contributed by atoms with van der Waals surface area (Å²) < 4.78 is 30.2. The lowest BCUT2D eigenvalue weighted by atomic mass is 10.1. The second-order valence-electron chi connectivity index (χ2n) is 10.2. The Labute approximate surface area is 293 Å². The van der Waals surface area contributed by atoms with E-state index >= 15 is 0 Å². The van der Waals surface area contributed by atoms with Gasteiger partial charge in [-0.3, -0.25) is 14.9 Å². The Morgan fingerprint density at radius 1 is 0.820 bits per heavy atom. The fourth-order valence-electron chi connectivity index (χ4n) is 4.23. The molecule has 0 aliphatic rings. The molecule has 268 valence electrons. The lowest BCUT2D eigenvalue weighted by Crippen LogP contribution is -2.32. The van der Waals surface area contributed by atoms with E-state index in [4.69, 9.17) is 33.6 Å². The number of ether oxygens (including phenoxy) is 5. The van der Waals surface area contributed by atoms with Crippen LogP contribution < -0.4 is 34.3 Å². The van der Waals surface area contributed by atoms with Gasteiger partial charge in [0.1, 0.15) is 29.6 Å². The van der Waals surface area contributed by atoms with Crippen LogP contribution in [0.15, 0.2) is 60.0 Å². The normalized spacial score (nSPS) is 10.5. The van der Waals surface area contributed by atoms with Gasteiger partial charge in [0.2, 0.25) is 5.91 Å². The smallest absolute Gasteiger partial charge is 0.412 e.